The highest BCUT2D eigenvalue weighted by Crippen LogP contribution is 2.47. The molecule has 1 fully saturated rings. The molecule has 1 saturated heterocycles. The number of rotatable bonds is 9. The van der Waals surface area contributed by atoms with E-state index in [-0.39, 0.29) is 5.75 Å². The van der Waals surface area contributed by atoms with E-state index >= 15 is 4.39 Å². The molecule has 0 bridgehead atoms. The maximum atomic E-state index is 15.3. The number of ether oxygens (including phenoxy) is 1. The zero-order valence-corrected chi connectivity index (χ0v) is 18.8. The van der Waals surface area contributed by atoms with Crippen molar-refractivity contribution in [2.75, 3.05) is 6.61 Å². The van der Waals surface area contributed by atoms with Crippen molar-refractivity contribution in [3.05, 3.63) is 63.2 Å². The van der Waals surface area contributed by atoms with Crippen molar-refractivity contribution in [2.45, 2.75) is 44.0 Å². The lowest BCUT2D eigenvalue weighted by Gasteiger charge is -2.25. The van der Waals surface area contributed by atoms with Gasteiger partial charge in [0.05, 0.1) is 6.61 Å². The minimum absolute atomic E-state index is 0.129. The van der Waals surface area contributed by atoms with E-state index in [9.17, 15) is 28.4 Å². The molecule has 1 aromatic carbocycles. The summed E-state index contributed by atoms with van der Waals surface area (Å²) in [7, 11) is -4.48. The third kappa shape index (κ3) is 5.59. The number of aliphatic hydroxyl groups excluding tert-OH is 1. The molecule has 1 aliphatic heterocycles. The van der Waals surface area contributed by atoms with Gasteiger partial charge in [-0.2, -0.15) is 5.09 Å². The summed E-state index contributed by atoms with van der Waals surface area (Å²) in [5.41, 5.74) is -4.25. The number of aromatic amines is 1. The Morgan fingerprint density at radius 3 is 2.59 bits per heavy atom. The number of aromatic nitrogens is 2. The summed E-state index contributed by atoms with van der Waals surface area (Å²) in [4.78, 5) is 36.5. The molecule has 6 atom stereocenters. The van der Waals surface area contributed by atoms with E-state index in [4.69, 9.17) is 18.9 Å². The number of alkyl halides is 1. The van der Waals surface area contributed by atoms with Gasteiger partial charge in [0.25, 0.3) is 5.56 Å². The number of nitrogens with zero attached hydrogens (tertiary/aromatic N) is 1. The molecule has 3 rings (SSSR count). The predicted octanol–water partition coefficient (Wildman–Crippen LogP) is 0.929. The second-order valence-corrected chi connectivity index (χ2v) is 9.36. The number of carbonyl (C=O) groups is 1. The third-order valence-corrected chi connectivity index (χ3v) is 6.63. The fraction of sp³-hybridized carbons (Fsp3) is 0.421. The number of aliphatic hydroxyl groups is 1. The van der Waals surface area contributed by atoms with Crippen molar-refractivity contribution in [1.82, 2.24) is 14.6 Å². The molecule has 12 nitrogen and oxygen atoms in total. The van der Waals surface area contributed by atoms with E-state index in [1.165, 1.54) is 0 Å². The number of halogens is 2. The number of H-pyrrole nitrogens is 1. The van der Waals surface area contributed by atoms with Crippen LogP contribution in [-0.2, 0) is 18.6 Å². The molecule has 4 N–H and O–H groups in total. The number of hydrogen-bond acceptors (Lipinski definition) is 8. The zero-order valence-electron chi connectivity index (χ0n) is 17.9. The van der Waals surface area contributed by atoms with Gasteiger partial charge in [-0.05, 0) is 38.1 Å². The first kappa shape index (κ1) is 25.7. The number of hydrogen-bond donors (Lipinski definition) is 4. The molecule has 0 saturated carbocycles. The maximum Gasteiger partial charge on any atom is 0.459 e. The van der Waals surface area contributed by atoms with Crippen molar-refractivity contribution in [3.8, 4) is 5.75 Å². The van der Waals surface area contributed by atoms with E-state index in [2.05, 4.69) is 5.09 Å². The Kier molecular flexibility index (Phi) is 7.38. The van der Waals surface area contributed by atoms with Crippen molar-refractivity contribution in [1.29, 1.82) is 0 Å². The Balaban J connectivity index is 1.81. The zero-order chi connectivity index (χ0) is 25.3. The van der Waals surface area contributed by atoms with E-state index in [1.807, 2.05) is 4.98 Å². The fourth-order valence-corrected chi connectivity index (χ4v) is 4.66. The van der Waals surface area contributed by atoms with E-state index < -0.39 is 67.5 Å². The molecular formula is C19H22F2N3O9P. The van der Waals surface area contributed by atoms with Gasteiger partial charge in [-0.15, -0.1) is 0 Å². The number of carboxylic acids is 1. The lowest BCUT2D eigenvalue weighted by molar-refractivity contribution is -0.138. The van der Waals surface area contributed by atoms with Gasteiger partial charge in [0, 0.05) is 12.3 Å². The van der Waals surface area contributed by atoms with E-state index in [0.717, 1.165) is 54.9 Å². The van der Waals surface area contributed by atoms with Gasteiger partial charge in [0.1, 0.15) is 29.8 Å². The molecule has 2 aromatic rings. The Labute approximate surface area is 190 Å². The molecule has 0 aliphatic carbocycles. The SMILES string of the molecule is C[C@H](NP(=O)(OC[C@H]1O[C@@H](n2ccc(=O)[nH]c2=O)[C@](C)(F)[C@@H]1O)Oc1ccc(F)cc1)C(=O)O. The molecule has 1 unspecified atom stereocenters. The Morgan fingerprint density at radius 2 is 2.00 bits per heavy atom. The first-order valence-electron chi connectivity index (χ1n) is 9.86. The van der Waals surface area contributed by atoms with Crippen LogP contribution in [0.5, 0.6) is 5.75 Å². The van der Waals surface area contributed by atoms with E-state index in [0.29, 0.717) is 0 Å². The van der Waals surface area contributed by atoms with Crippen molar-refractivity contribution >= 4 is 13.7 Å². The van der Waals surface area contributed by atoms with Crippen molar-refractivity contribution in [2.24, 2.45) is 0 Å². The lowest BCUT2D eigenvalue weighted by atomic mass is 9.98. The summed E-state index contributed by atoms with van der Waals surface area (Å²) in [6.07, 6.45) is -4.06. The predicted molar refractivity (Wildman–Crippen MR) is 112 cm³/mol. The molecule has 15 heteroatoms. The summed E-state index contributed by atoms with van der Waals surface area (Å²) in [5.74, 6) is -2.13. The second-order valence-electron chi connectivity index (χ2n) is 7.67. The third-order valence-electron chi connectivity index (χ3n) is 4.99. The van der Waals surface area contributed by atoms with Crippen LogP contribution in [0.3, 0.4) is 0 Å². The quantitative estimate of drug-likeness (QED) is 0.360. The molecule has 2 heterocycles. The van der Waals surface area contributed by atoms with Gasteiger partial charge in [-0.25, -0.2) is 18.1 Å². The molecule has 0 spiro atoms. The molecule has 34 heavy (non-hydrogen) atoms. The summed E-state index contributed by atoms with van der Waals surface area (Å²) in [6, 6.07) is 3.79. The highest BCUT2D eigenvalue weighted by Gasteiger charge is 2.55. The molecule has 0 amide bonds. The van der Waals surface area contributed by atoms with Crippen LogP contribution in [0.1, 0.15) is 20.1 Å². The lowest BCUT2D eigenvalue weighted by Crippen LogP contribution is -2.43. The second kappa shape index (κ2) is 9.76. The number of aliphatic carboxylic acids is 1. The summed E-state index contributed by atoms with van der Waals surface area (Å²) < 4.78 is 58.3. The normalized spacial score (nSPS) is 27.1. The molecule has 1 aromatic heterocycles. The van der Waals surface area contributed by atoms with Gasteiger partial charge >= 0.3 is 19.4 Å². The molecular weight excluding hydrogens is 483 g/mol. The van der Waals surface area contributed by atoms with E-state index in [1.54, 1.807) is 0 Å². The van der Waals surface area contributed by atoms with Gasteiger partial charge < -0.3 is 19.5 Å². The topological polar surface area (TPSA) is 169 Å². The maximum absolute atomic E-state index is 15.3. The van der Waals surface area contributed by atoms with Crippen molar-refractivity contribution < 1.29 is 42.1 Å². The van der Waals surface area contributed by atoms with Crippen LogP contribution in [0.2, 0.25) is 0 Å². The van der Waals surface area contributed by atoms with Crippen LogP contribution in [-0.4, -0.2) is 56.3 Å². The fourth-order valence-electron chi connectivity index (χ4n) is 3.15. The standard InChI is InChI=1S/C19H22F2N3O9P/c1-10(16(27)28)23-34(30,33-12-5-3-11(20)4-6-12)31-9-13-15(26)19(2,21)17(32-13)24-8-7-14(25)22-18(24)29/h3-8,10,13,15,17,26H,9H2,1-2H3,(H,23,30)(H,27,28)(H,22,25,29)/t10-,13+,15+,17+,19+,34?/m0/s1. The Morgan fingerprint density at radius 1 is 1.35 bits per heavy atom. The number of carboxylic acid groups (broad SMARTS) is 1. The van der Waals surface area contributed by atoms with Crippen LogP contribution in [0, 0.1) is 5.82 Å². The minimum atomic E-state index is -4.48. The van der Waals surface area contributed by atoms with Crippen LogP contribution < -0.4 is 20.9 Å². The minimum Gasteiger partial charge on any atom is -0.480 e. The smallest absolute Gasteiger partial charge is 0.459 e. The summed E-state index contributed by atoms with van der Waals surface area (Å²) in [5, 5.41) is 21.7. The monoisotopic (exact) mass is 505 g/mol. The van der Waals surface area contributed by atoms with Crippen LogP contribution in [0.15, 0.2) is 46.1 Å². The van der Waals surface area contributed by atoms with Crippen LogP contribution >= 0.6 is 7.75 Å². The molecule has 1 aliphatic rings. The van der Waals surface area contributed by atoms with Gasteiger partial charge in [0.15, 0.2) is 11.9 Å². The first-order chi connectivity index (χ1) is 15.8. The summed E-state index contributed by atoms with van der Waals surface area (Å²) >= 11 is 0. The number of nitrogens with one attached hydrogen (secondary N) is 2. The van der Waals surface area contributed by atoms with Gasteiger partial charge in [-0.1, -0.05) is 0 Å². The first-order valence-corrected chi connectivity index (χ1v) is 11.4. The highest BCUT2D eigenvalue weighted by atomic mass is 31.2. The van der Waals surface area contributed by atoms with Crippen LogP contribution in [0.4, 0.5) is 8.78 Å². The van der Waals surface area contributed by atoms with Gasteiger partial charge in [-0.3, -0.25) is 23.7 Å². The number of benzene rings is 1. The Hall–Kier alpha value is -2.90. The molecule has 186 valence electrons. The largest absolute Gasteiger partial charge is 0.480 e. The highest BCUT2D eigenvalue weighted by molar-refractivity contribution is 7.52. The Bertz CT molecular complexity index is 1200. The average molecular weight is 505 g/mol. The van der Waals surface area contributed by atoms with Gasteiger partial charge in [0.2, 0.25) is 0 Å². The molecule has 0 radical (unpaired) electrons. The average Bonchev–Trinajstić information content (AvgIpc) is 2.97. The summed E-state index contributed by atoms with van der Waals surface area (Å²) in [6.45, 7) is 1.36. The van der Waals surface area contributed by atoms with Crippen molar-refractivity contribution in [3.63, 3.8) is 0 Å². The van der Waals surface area contributed by atoms with Crippen LogP contribution in [0.25, 0.3) is 0 Å².